The summed E-state index contributed by atoms with van der Waals surface area (Å²) in [5.41, 5.74) is 0.470. The number of hydrogen-bond acceptors (Lipinski definition) is 3. The second-order valence-electron chi connectivity index (χ2n) is 4.23. The highest BCUT2D eigenvalue weighted by Gasteiger charge is 2.27. The molecule has 1 N–H and O–H groups in total. The summed E-state index contributed by atoms with van der Waals surface area (Å²) in [5.74, 6) is -1.05. The first-order valence-electron chi connectivity index (χ1n) is 5.64. The fraction of sp³-hybridized carbons (Fsp3) is 0.636. The molecule has 1 aromatic heterocycles. The van der Waals surface area contributed by atoms with E-state index in [-0.39, 0.29) is 23.4 Å². The molecule has 1 fully saturated rings. The van der Waals surface area contributed by atoms with Crippen LogP contribution in [0, 0.1) is 0 Å². The molecule has 2 rings (SSSR count). The summed E-state index contributed by atoms with van der Waals surface area (Å²) in [4.78, 5) is 11.2. The lowest BCUT2D eigenvalue weighted by Crippen LogP contribution is -2.07. The lowest BCUT2D eigenvalue weighted by molar-refractivity contribution is 0.0692. The molecule has 6 heteroatoms. The van der Waals surface area contributed by atoms with Crippen molar-refractivity contribution in [3.05, 3.63) is 16.4 Å². The minimum Gasteiger partial charge on any atom is -0.478 e. The van der Waals surface area contributed by atoms with Gasteiger partial charge in [0.1, 0.15) is 16.4 Å². The number of hydrogen-bond donors (Lipinski definition) is 1. The zero-order valence-corrected chi connectivity index (χ0v) is 10.4. The fourth-order valence-electron chi connectivity index (χ4n) is 2.30. The monoisotopic (exact) mass is 258 g/mol. The third kappa shape index (κ3) is 2.30. The van der Waals surface area contributed by atoms with Crippen LogP contribution in [-0.4, -0.2) is 28.0 Å². The van der Waals surface area contributed by atoms with Gasteiger partial charge in [-0.05, 0) is 12.8 Å². The van der Waals surface area contributed by atoms with Crippen molar-refractivity contribution >= 4 is 17.6 Å². The van der Waals surface area contributed by atoms with Crippen LogP contribution in [-0.2, 0) is 11.3 Å². The number of carboxylic acid groups (broad SMARTS) is 1. The van der Waals surface area contributed by atoms with Crippen LogP contribution in [0.5, 0.6) is 0 Å². The quantitative estimate of drug-likeness (QED) is 0.901. The summed E-state index contributed by atoms with van der Waals surface area (Å²) in [7, 11) is 1.51. The van der Waals surface area contributed by atoms with E-state index in [4.69, 9.17) is 21.4 Å². The van der Waals surface area contributed by atoms with Gasteiger partial charge in [0.05, 0.1) is 12.6 Å². The Morgan fingerprint density at radius 2 is 2.24 bits per heavy atom. The van der Waals surface area contributed by atoms with E-state index in [0.717, 1.165) is 25.7 Å². The van der Waals surface area contributed by atoms with E-state index in [9.17, 15) is 4.79 Å². The molecule has 0 atom stereocenters. The van der Waals surface area contributed by atoms with Gasteiger partial charge in [0, 0.05) is 7.11 Å². The number of methoxy groups -OCH3 is 1. The summed E-state index contributed by atoms with van der Waals surface area (Å²) in [6, 6.07) is 0.228. The second kappa shape index (κ2) is 5.06. The highest BCUT2D eigenvalue weighted by molar-refractivity contribution is 6.32. The Labute approximate surface area is 104 Å². The van der Waals surface area contributed by atoms with Crippen LogP contribution in [0.2, 0.25) is 5.15 Å². The maximum absolute atomic E-state index is 11.2. The second-order valence-corrected chi connectivity index (χ2v) is 4.59. The Morgan fingerprint density at radius 3 is 2.76 bits per heavy atom. The van der Waals surface area contributed by atoms with Crippen LogP contribution in [0.1, 0.15) is 47.8 Å². The molecule has 1 aliphatic carbocycles. The molecule has 0 aromatic carbocycles. The topological polar surface area (TPSA) is 64.4 Å². The summed E-state index contributed by atoms with van der Waals surface area (Å²) in [6.07, 6.45) is 4.30. The minimum atomic E-state index is -1.05. The van der Waals surface area contributed by atoms with E-state index >= 15 is 0 Å². The summed E-state index contributed by atoms with van der Waals surface area (Å²) in [5, 5.41) is 13.6. The van der Waals surface area contributed by atoms with Crippen molar-refractivity contribution in [2.75, 3.05) is 7.11 Å². The SMILES string of the molecule is COCc1nn(C2CCCC2)c(Cl)c1C(=O)O. The molecule has 0 amide bonds. The zero-order valence-electron chi connectivity index (χ0n) is 9.65. The number of carboxylic acids is 1. The van der Waals surface area contributed by atoms with Gasteiger partial charge in [-0.2, -0.15) is 5.10 Å². The molecule has 0 radical (unpaired) electrons. The van der Waals surface area contributed by atoms with Gasteiger partial charge in [-0.1, -0.05) is 24.4 Å². The normalized spacial score (nSPS) is 16.6. The van der Waals surface area contributed by atoms with Gasteiger partial charge in [-0.15, -0.1) is 0 Å². The first-order chi connectivity index (χ1) is 8.15. The van der Waals surface area contributed by atoms with Crippen LogP contribution in [0.4, 0.5) is 0 Å². The van der Waals surface area contributed by atoms with Gasteiger partial charge in [-0.25, -0.2) is 9.48 Å². The van der Waals surface area contributed by atoms with E-state index in [1.807, 2.05) is 0 Å². The van der Waals surface area contributed by atoms with Crippen molar-refractivity contribution in [1.82, 2.24) is 9.78 Å². The molecular weight excluding hydrogens is 244 g/mol. The van der Waals surface area contributed by atoms with E-state index in [2.05, 4.69) is 5.10 Å². The molecule has 1 heterocycles. The van der Waals surface area contributed by atoms with Gasteiger partial charge in [0.15, 0.2) is 0 Å². The average Bonchev–Trinajstić information content (AvgIpc) is 2.86. The van der Waals surface area contributed by atoms with Gasteiger partial charge in [0.2, 0.25) is 0 Å². The van der Waals surface area contributed by atoms with Crippen LogP contribution < -0.4 is 0 Å². The third-order valence-corrected chi connectivity index (χ3v) is 3.45. The molecule has 0 unspecified atom stereocenters. The molecule has 1 saturated carbocycles. The highest BCUT2D eigenvalue weighted by Crippen LogP contribution is 2.33. The zero-order chi connectivity index (χ0) is 12.4. The largest absolute Gasteiger partial charge is 0.478 e. The van der Waals surface area contributed by atoms with E-state index < -0.39 is 5.97 Å². The van der Waals surface area contributed by atoms with Crippen molar-refractivity contribution in [1.29, 1.82) is 0 Å². The molecule has 94 valence electrons. The average molecular weight is 259 g/mol. The van der Waals surface area contributed by atoms with Gasteiger partial charge in [-0.3, -0.25) is 0 Å². The number of ether oxygens (including phenoxy) is 1. The number of rotatable bonds is 4. The molecule has 5 nitrogen and oxygen atoms in total. The van der Waals surface area contributed by atoms with Crippen molar-refractivity contribution < 1.29 is 14.6 Å². The van der Waals surface area contributed by atoms with Gasteiger partial charge >= 0.3 is 5.97 Å². The minimum absolute atomic E-state index is 0.0698. The predicted octanol–water partition coefficient (Wildman–Crippen LogP) is 2.50. The number of nitrogens with zero attached hydrogens (tertiary/aromatic N) is 2. The number of halogens is 1. The molecule has 0 saturated heterocycles. The van der Waals surface area contributed by atoms with Crippen LogP contribution in [0.25, 0.3) is 0 Å². The third-order valence-electron chi connectivity index (χ3n) is 3.09. The number of aromatic carboxylic acids is 1. The smallest absolute Gasteiger partial charge is 0.340 e. The summed E-state index contributed by atoms with van der Waals surface area (Å²) >= 11 is 6.10. The Hall–Kier alpha value is -1.07. The molecule has 0 bridgehead atoms. The highest BCUT2D eigenvalue weighted by atomic mass is 35.5. The van der Waals surface area contributed by atoms with Crippen LogP contribution in [0.3, 0.4) is 0 Å². The lowest BCUT2D eigenvalue weighted by Gasteiger charge is -2.10. The van der Waals surface area contributed by atoms with E-state index in [0.29, 0.717) is 5.69 Å². The first-order valence-corrected chi connectivity index (χ1v) is 6.02. The van der Waals surface area contributed by atoms with Crippen LogP contribution in [0.15, 0.2) is 0 Å². The molecule has 1 aliphatic rings. The summed E-state index contributed by atoms with van der Waals surface area (Å²) < 4.78 is 6.60. The Kier molecular flexibility index (Phi) is 3.69. The maximum atomic E-state index is 11.2. The van der Waals surface area contributed by atoms with Gasteiger partial charge < -0.3 is 9.84 Å². The summed E-state index contributed by atoms with van der Waals surface area (Å²) in [6.45, 7) is 0.168. The van der Waals surface area contributed by atoms with E-state index in [1.165, 1.54) is 7.11 Å². The molecule has 1 aromatic rings. The maximum Gasteiger partial charge on any atom is 0.340 e. The fourth-order valence-corrected chi connectivity index (χ4v) is 2.66. The Morgan fingerprint density at radius 1 is 1.59 bits per heavy atom. The van der Waals surface area contributed by atoms with Crippen molar-refractivity contribution in [2.24, 2.45) is 0 Å². The molecular formula is C11H15ClN2O3. The standard InChI is InChI=1S/C11H15ClN2O3/c1-17-6-8-9(11(15)16)10(12)14(13-8)7-4-2-3-5-7/h7H,2-6H2,1H3,(H,15,16). The van der Waals surface area contributed by atoms with Gasteiger partial charge in [0.25, 0.3) is 0 Å². The molecule has 0 aliphatic heterocycles. The van der Waals surface area contributed by atoms with E-state index in [1.54, 1.807) is 4.68 Å². The molecule has 0 spiro atoms. The number of aromatic nitrogens is 2. The first kappa shape index (κ1) is 12.4. The van der Waals surface area contributed by atoms with Crippen molar-refractivity contribution in [3.8, 4) is 0 Å². The van der Waals surface area contributed by atoms with Crippen LogP contribution >= 0.6 is 11.6 Å². The lowest BCUT2D eigenvalue weighted by atomic mass is 10.2. The number of carbonyl (C=O) groups is 1. The Balaban J connectivity index is 2.39. The molecule has 17 heavy (non-hydrogen) atoms. The predicted molar refractivity (Wildman–Crippen MR) is 62.4 cm³/mol. The van der Waals surface area contributed by atoms with Crippen molar-refractivity contribution in [3.63, 3.8) is 0 Å². The van der Waals surface area contributed by atoms with Crippen molar-refractivity contribution in [2.45, 2.75) is 38.3 Å². The Bertz CT molecular complexity index is 425.